The smallest absolute Gasteiger partial charge is 0.392 e. The van der Waals surface area contributed by atoms with E-state index in [4.69, 9.17) is 35.2 Å². The summed E-state index contributed by atoms with van der Waals surface area (Å²) in [6.07, 6.45) is -2.66. The van der Waals surface area contributed by atoms with Crippen molar-refractivity contribution < 1.29 is 51.2 Å². The average Bonchev–Trinajstić information content (AvgIpc) is 2.95. The average molecular weight is 603 g/mol. The van der Waals surface area contributed by atoms with Gasteiger partial charge in [-0.25, -0.2) is 14.4 Å². The van der Waals surface area contributed by atoms with Gasteiger partial charge in [-0.3, -0.25) is 0 Å². The molecule has 3 aromatic carbocycles. The van der Waals surface area contributed by atoms with Crippen LogP contribution < -0.4 is 20.9 Å². The minimum atomic E-state index is -4.31. The number of carbonyl (C=O) groups is 3. The normalized spacial score (nSPS) is 11.2. The van der Waals surface area contributed by atoms with Gasteiger partial charge < -0.3 is 35.2 Å². The number of ether oxygens (including phenoxy) is 5. The minimum absolute atomic E-state index is 0.0116. The van der Waals surface area contributed by atoms with Crippen LogP contribution in [0.25, 0.3) is 6.08 Å². The van der Waals surface area contributed by atoms with E-state index in [1.165, 1.54) is 66.7 Å². The molecule has 0 aliphatic rings. The van der Waals surface area contributed by atoms with Crippen molar-refractivity contribution in [3.8, 4) is 11.5 Å². The van der Waals surface area contributed by atoms with Gasteiger partial charge in [0.15, 0.2) is 0 Å². The Balaban J connectivity index is 1.31. The Morgan fingerprint density at radius 3 is 1.93 bits per heavy atom. The maximum Gasteiger partial charge on any atom is 0.392 e. The molecule has 0 spiro atoms. The fourth-order valence-corrected chi connectivity index (χ4v) is 3.37. The van der Waals surface area contributed by atoms with Gasteiger partial charge in [0.05, 0.1) is 37.4 Å². The third-order valence-electron chi connectivity index (χ3n) is 5.39. The second kappa shape index (κ2) is 15.8. The van der Waals surface area contributed by atoms with Gasteiger partial charge in [0, 0.05) is 17.5 Å². The lowest BCUT2D eigenvalue weighted by atomic mass is 10.2. The van der Waals surface area contributed by atoms with Crippen molar-refractivity contribution in [1.82, 2.24) is 0 Å². The molecule has 0 atom stereocenters. The summed E-state index contributed by atoms with van der Waals surface area (Å²) in [7, 11) is 0. The van der Waals surface area contributed by atoms with E-state index in [0.29, 0.717) is 16.9 Å². The Kier molecular flexibility index (Phi) is 11.9. The lowest BCUT2D eigenvalue weighted by Gasteiger charge is -2.09. The number of hydrogen-bond donors (Lipinski definition) is 2. The standard InChI is InChI=1S/C30H29F3N2O8/c31-30(32,33)11-12-40-25-8-4-21(5-9-25)29(38)43-26-6-1-20(2-7-26)3-10-27(36)41-15-13-39-14-16-42-28(37)22-17-23(34)19-24(35)18-22/h1-10,17-19H,11-16,34-35H2. The molecule has 0 amide bonds. The van der Waals surface area contributed by atoms with Crippen LogP contribution in [0.1, 0.15) is 32.7 Å². The molecule has 0 heterocycles. The molecule has 43 heavy (non-hydrogen) atoms. The molecule has 0 aromatic heterocycles. The molecule has 0 bridgehead atoms. The molecule has 0 unspecified atom stereocenters. The van der Waals surface area contributed by atoms with Crippen LogP contribution in [0.15, 0.2) is 72.8 Å². The van der Waals surface area contributed by atoms with Crippen molar-refractivity contribution in [2.24, 2.45) is 0 Å². The lowest BCUT2D eigenvalue weighted by Crippen LogP contribution is -2.14. The number of rotatable bonds is 14. The number of anilines is 2. The van der Waals surface area contributed by atoms with E-state index >= 15 is 0 Å². The van der Waals surface area contributed by atoms with Gasteiger partial charge in [-0.2, -0.15) is 13.2 Å². The van der Waals surface area contributed by atoms with E-state index in [1.807, 2.05) is 0 Å². The van der Waals surface area contributed by atoms with Crippen molar-refractivity contribution in [2.75, 3.05) is 44.5 Å². The number of hydrogen-bond acceptors (Lipinski definition) is 10. The van der Waals surface area contributed by atoms with Crippen molar-refractivity contribution in [3.05, 3.63) is 89.5 Å². The number of carbonyl (C=O) groups excluding carboxylic acids is 3. The Labute approximate surface area is 244 Å². The Morgan fingerprint density at radius 1 is 0.698 bits per heavy atom. The third-order valence-corrected chi connectivity index (χ3v) is 5.39. The highest BCUT2D eigenvalue weighted by Crippen LogP contribution is 2.21. The summed E-state index contributed by atoms with van der Waals surface area (Å²) in [5, 5.41) is 0. The van der Waals surface area contributed by atoms with E-state index in [2.05, 4.69) is 0 Å². The van der Waals surface area contributed by atoms with Crippen LogP contribution in [-0.4, -0.2) is 57.1 Å². The number of benzene rings is 3. The van der Waals surface area contributed by atoms with E-state index < -0.39 is 37.1 Å². The van der Waals surface area contributed by atoms with Gasteiger partial charge in [-0.1, -0.05) is 12.1 Å². The monoisotopic (exact) mass is 602 g/mol. The third kappa shape index (κ3) is 12.2. The number of nitrogen functional groups attached to an aromatic ring is 2. The number of halogens is 3. The maximum absolute atomic E-state index is 12.3. The molecule has 0 saturated heterocycles. The van der Waals surface area contributed by atoms with Crippen molar-refractivity contribution in [2.45, 2.75) is 12.6 Å². The maximum atomic E-state index is 12.3. The molecule has 13 heteroatoms. The number of esters is 3. The zero-order valence-corrected chi connectivity index (χ0v) is 22.8. The number of nitrogens with two attached hydrogens (primary N) is 2. The van der Waals surface area contributed by atoms with Gasteiger partial charge in [0.25, 0.3) is 0 Å². The van der Waals surface area contributed by atoms with Crippen LogP contribution in [-0.2, 0) is 19.0 Å². The first kappa shape index (κ1) is 32.5. The van der Waals surface area contributed by atoms with Crippen LogP contribution in [0.2, 0.25) is 0 Å². The first-order valence-electron chi connectivity index (χ1n) is 12.9. The van der Waals surface area contributed by atoms with Gasteiger partial charge in [0.1, 0.15) is 24.7 Å². The molecule has 0 aliphatic carbocycles. The predicted octanol–water partition coefficient (Wildman–Crippen LogP) is 4.83. The molecule has 4 N–H and O–H groups in total. The van der Waals surface area contributed by atoms with Crippen LogP contribution >= 0.6 is 0 Å². The molecular formula is C30H29F3N2O8. The van der Waals surface area contributed by atoms with E-state index in [9.17, 15) is 27.6 Å². The van der Waals surface area contributed by atoms with Gasteiger partial charge >= 0.3 is 24.1 Å². The molecule has 3 rings (SSSR count). The molecule has 3 aromatic rings. The summed E-state index contributed by atoms with van der Waals surface area (Å²) in [6, 6.07) is 16.2. The van der Waals surface area contributed by atoms with Gasteiger partial charge in [-0.15, -0.1) is 0 Å². The molecule has 0 aliphatic heterocycles. The van der Waals surface area contributed by atoms with Crippen molar-refractivity contribution >= 4 is 35.4 Å². The van der Waals surface area contributed by atoms with Gasteiger partial charge in [0.2, 0.25) is 0 Å². The van der Waals surface area contributed by atoms with Crippen LogP contribution in [0, 0.1) is 0 Å². The van der Waals surface area contributed by atoms with Crippen molar-refractivity contribution in [3.63, 3.8) is 0 Å². The summed E-state index contributed by atoms with van der Waals surface area (Å²) < 4.78 is 62.3. The topological polar surface area (TPSA) is 149 Å². The first-order chi connectivity index (χ1) is 20.5. The molecule has 0 radical (unpaired) electrons. The van der Waals surface area contributed by atoms with Gasteiger partial charge in [-0.05, 0) is 66.2 Å². The SMILES string of the molecule is Nc1cc(N)cc(C(=O)OCCOCCOC(=O)C=Cc2ccc(OC(=O)c3ccc(OCCC(F)(F)F)cc3)cc2)c1. The van der Waals surface area contributed by atoms with Crippen LogP contribution in [0.5, 0.6) is 11.5 Å². The quantitative estimate of drug-likeness (QED) is 0.0864. The summed E-state index contributed by atoms with van der Waals surface area (Å²) in [4.78, 5) is 36.2. The molecular weight excluding hydrogens is 573 g/mol. The number of alkyl halides is 3. The predicted molar refractivity (Wildman–Crippen MR) is 150 cm³/mol. The summed E-state index contributed by atoms with van der Waals surface area (Å²) >= 11 is 0. The van der Waals surface area contributed by atoms with Crippen LogP contribution in [0.4, 0.5) is 24.5 Å². The zero-order chi connectivity index (χ0) is 31.2. The summed E-state index contributed by atoms with van der Waals surface area (Å²) in [5.74, 6) is -1.41. The molecule has 228 valence electrons. The highest BCUT2D eigenvalue weighted by molar-refractivity contribution is 5.92. The second-order valence-electron chi connectivity index (χ2n) is 8.83. The van der Waals surface area contributed by atoms with E-state index in [1.54, 1.807) is 12.1 Å². The first-order valence-corrected chi connectivity index (χ1v) is 12.9. The minimum Gasteiger partial charge on any atom is -0.493 e. The Hall–Kier alpha value is -5.04. The second-order valence-corrected chi connectivity index (χ2v) is 8.83. The summed E-state index contributed by atoms with van der Waals surface area (Å²) in [5.41, 5.74) is 13.0. The van der Waals surface area contributed by atoms with E-state index in [0.717, 1.165) is 0 Å². The van der Waals surface area contributed by atoms with Crippen molar-refractivity contribution in [1.29, 1.82) is 0 Å². The molecule has 0 fully saturated rings. The fourth-order valence-electron chi connectivity index (χ4n) is 3.37. The van der Waals surface area contributed by atoms with Crippen LogP contribution in [0.3, 0.4) is 0 Å². The summed E-state index contributed by atoms with van der Waals surface area (Å²) in [6.45, 7) is -0.361. The largest absolute Gasteiger partial charge is 0.493 e. The molecule has 10 nitrogen and oxygen atoms in total. The molecule has 0 saturated carbocycles. The lowest BCUT2D eigenvalue weighted by molar-refractivity contribution is -0.140. The fraction of sp³-hybridized carbons (Fsp3) is 0.233. The Morgan fingerprint density at radius 2 is 1.30 bits per heavy atom. The van der Waals surface area contributed by atoms with E-state index in [-0.39, 0.29) is 49.1 Å². The zero-order valence-electron chi connectivity index (χ0n) is 22.8. The highest BCUT2D eigenvalue weighted by atomic mass is 19.4. The Bertz CT molecular complexity index is 1390. The highest BCUT2D eigenvalue weighted by Gasteiger charge is 2.26.